The third kappa shape index (κ3) is 3.46. The summed E-state index contributed by atoms with van der Waals surface area (Å²) in [5, 5.41) is 0.668. The predicted molar refractivity (Wildman–Crippen MR) is 98.1 cm³/mol. The molecule has 1 aromatic carbocycles. The van der Waals surface area contributed by atoms with Crippen molar-refractivity contribution in [3.8, 4) is 17.0 Å². The first-order valence-corrected chi connectivity index (χ1v) is 8.73. The maximum atomic E-state index is 12.4. The molecular weight excluding hydrogens is 316 g/mol. The fourth-order valence-corrected chi connectivity index (χ4v) is 3.28. The molecule has 0 bridgehead atoms. The van der Waals surface area contributed by atoms with Crippen molar-refractivity contribution >= 4 is 10.9 Å². The zero-order valence-electron chi connectivity index (χ0n) is 14.3. The van der Waals surface area contributed by atoms with Crippen molar-refractivity contribution < 1.29 is 9.47 Å². The Morgan fingerprint density at radius 2 is 2.16 bits per heavy atom. The van der Waals surface area contributed by atoms with E-state index in [0.717, 1.165) is 36.1 Å². The van der Waals surface area contributed by atoms with Crippen LogP contribution in [0.2, 0.25) is 0 Å². The minimum absolute atomic E-state index is 0.0343. The Hall–Kier alpha value is -2.53. The molecule has 0 radical (unpaired) electrons. The molecule has 3 aromatic rings. The van der Waals surface area contributed by atoms with Crippen LogP contribution < -0.4 is 10.2 Å². The second-order valence-corrected chi connectivity index (χ2v) is 6.62. The first-order valence-electron chi connectivity index (χ1n) is 8.73. The van der Waals surface area contributed by atoms with Crippen molar-refractivity contribution in [2.75, 3.05) is 13.2 Å². The van der Waals surface area contributed by atoms with E-state index in [4.69, 9.17) is 9.47 Å². The van der Waals surface area contributed by atoms with Gasteiger partial charge in [-0.25, -0.2) is 0 Å². The number of rotatable bonds is 4. The maximum absolute atomic E-state index is 12.4. The van der Waals surface area contributed by atoms with Gasteiger partial charge in [-0.05, 0) is 48.6 Å². The summed E-state index contributed by atoms with van der Waals surface area (Å²) < 4.78 is 13.5. The van der Waals surface area contributed by atoms with E-state index >= 15 is 0 Å². The number of aromatic amines is 1. The summed E-state index contributed by atoms with van der Waals surface area (Å²) in [5.41, 5.74) is 2.94. The number of aromatic nitrogens is 2. The van der Waals surface area contributed by atoms with Gasteiger partial charge >= 0.3 is 0 Å². The first kappa shape index (κ1) is 16.0. The minimum Gasteiger partial charge on any atom is -0.476 e. The number of ether oxygens (including phenoxy) is 2. The fraction of sp³-hybridized carbons (Fsp3) is 0.350. The van der Waals surface area contributed by atoms with Crippen LogP contribution in [0.15, 0.2) is 47.5 Å². The lowest BCUT2D eigenvalue weighted by atomic mass is 10.1. The molecule has 1 aliphatic heterocycles. The van der Waals surface area contributed by atoms with Crippen LogP contribution in [0.3, 0.4) is 0 Å². The average Bonchev–Trinajstić information content (AvgIpc) is 3.07. The number of hydrogen-bond donors (Lipinski definition) is 1. The quantitative estimate of drug-likeness (QED) is 0.792. The molecule has 25 heavy (non-hydrogen) atoms. The van der Waals surface area contributed by atoms with Gasteiger partial charge in [0.2, 0.25) is 0 Å². The van der Waals surface area contributed by atoms with E-state index in [2.05, 4.69) is 17.2 Å². The van der Waals surface area contributed by atoms with Crippen LogP contribution in [0, 0.1) is 0 Å². The van der Waals surface area contributed by atoms with Gasteiger partial charge in [-0.15, -0.1) is 0 Å². The standard InChI is InChI=1S/C20H22N2O3/c1-22-8-7-15(12-22)14-5-6-17-18(10-14)21-20(11-19(17)23)25-13-16-4-2-3-9-24-16/h5-8,10-12,16H,2-4,9,13H2,1H3,(H,21,23). The van der Waals surface area contributed by atoms with Crippen LogP contribution >= 0.6 is 0 Å². The Labute approximate surface area is 146 Å². The number of H-pyrrole nitrogens is 1. The molecule has 0 saturated carbocycles. The number of hydrogen-bond acceptors (Lipinski definition) is 3. The predicted octanol–water partition coefficient (Wildman–Crippen LogP) is 3.48. The summed E-state index contributed by atoms with van der Waals surface area (Å²) in [7, 11) is 1.99. The van der Waals surface area contributed by atoms with Gasteiger partial charge in [-0.3, -0.25) is 4.79 Å². The number of nitrogens with zero attached hydrogens (tertiary/aromatic N) is 1. The van der Waals surface area contributed by atoms with Crippen molar-refractivity contribution in [2.45, 2.75) is 25.4 Å². The van der Waals surface area contributed by atoms with E-state index in [-0.39, 0.29) is 11.5 Å². The lowest BCUT2D eigenvalue weighted by Crippen LogP contribution is -2.26. The molecule has 1 aliphatic rings. The molecule has 1 fully saturated rings. The van der Waals surface area contributed by atoms with Crippen molar-refractivity contribution in [2.24, 2.45) is 7.05 Å². The number of aryl methyl sites for hydroxylation is 1. The molecule has 3 heterocycles. The van der Waals surface area contributed by atoms with Gasteiger partial charge in [0.1, 0.15) is 6.61 Å². The maximum Gasteiger partial charge on any atom is 0.195 e. The molecule has 1 atom stereocenters. The second-order valence-electron chi connectivity index (χ2n) is 6.62. The topological polar surface area (TPSA) is 56.2 Å². The van der Waals surface area contributed by atoms with E-state index in [0.29, 0.717) is 17.9 Å². The van der Waals surface area contributed by atoms with E-state index < -0.39 is 0 Å². The van der Waals surface area contributed by atoms with Gasteiger partial charge in [0.15, 0.2) is 11.3 Å². The summed E-state index contributed by atoms with van der Waals surface area (Å²) in [5.74, 6) is 0.497. The van der Waals surface area contributed by atoms with Crippen molar-refractivity contribution in [1.82, 2.24) is 9.55 Å². The minimum atomic E-state index is -0.0343. The number of benzene rings is 1. The SMILES string of the molecule is Cn1ccc(-c2ccc3c(=O)cc(OCC4CCCCO4)[nH]c3c2)c1. The van der Waals surface area contributed by atoms with Crippen LogP contribution in [-0.2, 0) is 11.8 Å². The molecule has 4 rings (SSSR count). The normalized spacial score (nSPS) is 17.7. The van der Waals surface area contributed by atoms with Crippen LogP contribution in [0.1, 0.15) is 19.3 Å². The highest BCUT2D eigenvalue weighted by Crippen LogP contribution is 2.24. The Kier molecular flexibility index (Phi) is 4.32. The smallest absolute Gasteiger partial charge is 0.195 e. The summed E-state index contributed by atoms with van der Waals surface area (Å²) in [6.07, 6.45) is 7.47. The van der Waals surface area contributed by atoms with Gasteiger partial charge < -0.3 is 19.0 Å². The third-order valence-corrected chi connectivity index (χ3v) is 4.67. The van der Waals surface area contributed by atoms with Crippen LogP contribution in [-0.4, -0.2) is 28.9 Å². The molecule has 1 N–H and O–H groups in total. The number of pyridine rings is 1. The Bertz CT molecular complexity index is 936. The van der Waals surface area contributed by atoms with Crippen molar-refractivity contribution in [3.63, 3.8) is 0 Å². The number of nitrogens with one attached hydrogen (secondary N) is 1. The second kappa shape index (κ2) is 6.76. The van der Waals surface area contributed by atoms with Crippen molar-refractivity contribution in [3.05, 3.63) is 52.9 Å². The van der Waals surface area contributed by atoms with Crippen LogP contribution in [0.4, 0.5) is 0 Å². The summed E-state index contributed by atoms with van der Waals surface area (Å²) >= 11 is 0. The fourth-order valence-electron chi connectivity index (χ4n) is 3.28. The average molecular weight is 338 g/mol. The Morgan fingerprint density at radius 3 is 2.92 bits per heavy atom. The lowest BCUT2D eigenvalue weighted by molar-refractivity contribution is -0.0119. The molecule has 5 nitrogen and oxygen atoms in total. The Morgan fingerprint density at radius 1 is 1.24 bits per heavy atom. The van der Waals surface area contributed by atoms with E-state index in [1.807, 2.05) is 36.0 Å². The highest BCUT2D eigenvalue weighted by molar-refractivity contribution is 5.84. The molecule has 1 unspecified atom stereocenters. The van der Waals surface area contributed by atoms with Crippen molar-refractivity contribution in [1.29, 1.82) is 0 Å². The van der Waals surface area contributed by atoms with Gasteiger partial charge in [-0.2, -0.15) is 0 Å². The Balaban J connectivity index is 1.61. The van der Waals surface area contributed by atoms with E-state index in [1.54, 1.807) is 0 Å². The molecule has 0 aliphatic carbocycles. The van der Waals surface area contributed by atoms with Gasteiger partial charge in [0.05, 0.1) is 11.6 Å². The van der Waals surface area contributed by atoms with Crippen LogP contribution in [0.5, 0.6) is 5.88 Å². The number of fused-ring (bicyclic) bond motifs is 1. The lowest BCUT2D eigenvalue weighted by Gasteiger charge is -2.22. The zero-order valence-corrected chi connectivity index (χ0v) is 14.3. The first-order chi connectivity index (χ1) is 12.2. The zero-order chi connectivity index (χ0) is 17.2. The summed E-state index contributed by atoms with van der Waals surface area (Å²) in [6.45, 7) is 1.27. The largest absolute Gasteiger partial charge is 0.476 e. The van der Waals surface area contributed by atoms with Gasteiger partial charge in [0.25, 0.3) is 0 Å². The van der Waals surface area contributed by atoms with Gasteiger partial charge in [0, 0.05) is 37.5 Å². The molecule has 2 aromatic heterocycles. The van der Waals surface area contributed by atoms with Crippen LogP contribution in [0.25, 0.3) is 22.0 Å². The monoisotopic (exact) mass is 338 g/mol. The molecular formula is C20H22N2O3. The van der Waals surface area contributed by atoms with Gasteiger partial charge in [-0.1, -0.05) is 6.07 Å². The summed E-state index contributed by atoms with van der Waals surface area (Å²) in [6, 6.07) is 9.41. The highest BCUT2D eigenvalue weighted by atomic mass is 16.5. The molecule has 0 spiro atoms. The highest BCUT2D eigenvalue weighted by Gasteiger charge is 2.15. The molecule has 130 valence electrons. The molecule has 5 heteroatoms. The van der Waals surface area contributed by atoms with E-state index in [9.17, 15) is 4.79 Å². The van der Waals surface area contributed by atoms with E-state index in [1.165, 1.54) is 12.5 Å². The third-order valence-electron chi connectivity index (χ3n) is 4.67. The summed E-state index contributed by atoms with van der Waals surface area (Å²) in [4.78, 5) is 15.6. The molecule has 0 amide bonds. The molecule has 1 saturated heterocycles.